The molecule has 0 bridgehead atoms. The van der Waals surface area contributed by atoms with Crippen molar-refractivity contribution in [1.82, 2.24) is 30.0 Å². The predicted molar refractivity (Wildman–Crippen MR) is 154 cm³/mol. The molecule has 2 aromatic carbocycles. The summed E-state index contributed by atoms with van der Waals surface area (Å²) in [5, 5.41) is 48.5. The lowest BCUT2D eigenvalue weighted by Gasteiger charge is -2.45. The van der Waals surface area contributed by atoms with Crippen LogP contribution in [-0.4, -0.2) is 107 Å². The molecular weight excluding hydrogens is 619 g/mol. The Morgan fingerprint density at radius 1 is 0.978 bits per heavy atom. The molecular formula is C28H30F3N7O6S. The molecule has 0 amide bonds. The molecule has 2 aromatic heterocycles. The van der Waals surface area contributed by atoms with Crippen molar-refractivity contribution < 1.29 is 42.7 Å². The van der Waals surface area contributed by atoms with Crippen LogP contribution >= 0.6 is 11.8 Å². The lowest BCUT2D eigenvalue weighted by atomic mass is 9.97. The number of methoxy groups -OCH3 is 1. The van der Waals surface area contributed by atoms with Crippen LogP contribution in [0.3, 0.4) is 0 Å². The van der Waals surface area contributed by atoms with Gasteiger partial charge in [0.2, 0.25) is 0 Å². The molecule has 2 aliphatic rings. The fourth-order valence-electron chi connectivity index (χ4n) is 5.53. The number of thioether (sulfide) groups is 1. The van der Waals surface area contributed by atoms with Crippen LogP contribution in [0, 0.1) is 17.5 Å². The topological polar surface area (TPSA) is 176 Å². The number of anilines is 1. The molecule has 0 unspecified atom stereocenters. The Morgan fingerprint density at radius 3 is 2.36 bits per heavy atom. The summed E-state index contributed by atoms with van der Waals surface area (Å²) in [7, 11) is 1.40. The third-order valence-corrected chi connectivity index (χ3v) is 9.29. The van der Waals surface area contributed by atoms with Crippen molar-refractivity contribution in [1.29, 1.82) is 0 Å². The van der Waals surface area contributed by atoms with Gasteiger partial charge in [0.05, 0.1) is 43.6 Å². The smallest absolute Gasteiger partial charge is 0.194 e. The lowest BCUT2D eigenvalue weighted by molar-refractivity contribution is -0.186. The second-order valence-corrected chi connectivity index (χ2v) is 12.1. The third-order valence-electron chi connectivity index (χ3n) is 7.88. The minimum Gasteiger partial charge on any atom is -0.399 e. The SMILES string of the molecule is CO[C@@H]1[C@@H](n2cc(-c3cc(F)c(F)c(F)c3)nn2)[C@@H](O)[C@@H](CO)O[C@H]1S[C@@H]1COC[C@H](n2cc(-c3cccc(N)c3)nn2)[C@H]1O. The van der Waals surface area contributed by atoms with Gasteiger partial charge in [-0.05, 0) is 24.3 Å². The van der Waals surface area contributed by atoms with Gasteiger partial charge in [-0.2, -0.15) is 0 Å². The summed E-state index contributed by atoms with van der Waals surface area (Å²) < 4.78 is 61.6. The number of ether oxygens (including phenoxy) is 3. The Labute approximate surface area is 258 Å². The standard InChI is InChI=1S/C28H30F3N7O6S/c1-42-27-24(38-9-19(34-36-38)14-6-16(29)23(31)17(30)7-14)26(41)21(10-39)44-28(27)45-22-12-43-11-20(25(22)40)37-8-18(33-35-37)13-3-2-4-15(32)5-13/h2-9,20-22,24-28,39-41H,10-12,32H2,1H3/t20-,21+,22+,24-,25+,26-,27+,28-/m0/s1. The summed E-state index contributed by atoms with van der Waals surface area (Å²) in [5.41, 5.74) is 6.89. The number of halogens is 3. The van der Waals surface area contributed by atoms with E-state index in [1.54, 1.807) is 24.4 Å². The second kappa shape index (κ2) is 13.0. The third kappa shape index (κ3) is 6.16. The van der Waals surface area contributed by atoms with E-state index in [2.05, 4.69) is 20.6 Å². The summed E-state index contributed by atoms with van der Waals surface area (Å²) in [6.07, 6.45) is -1.28. The van der Waals surface area contributed by atoms with E-state index in [9.17, 15) is 28.5 Å². The van der Waals surface area contributed by atoms with Crippen LogP contribution in [0.15, 0.2) is 48.8 Å². The lowest BCUT2D eigenvalue weighted by Crippen LogP contribution is -2.56. The molecule has 4 aromatic rings. The van der Waals surface area contributed by atoms with Gasteiger partial charge in [-0.15, -0.1) is 22.0 Å². The Balaban J connectivity index is 1.22. The average Bonchev–Trinajstić information content (AvgIpc) is 3.72. The van der Waals surface area contributed by atoms with Crippen molar-refractivity contribution in [2.45, 2.75) is 47.2 Å². The number of aliphatic hydroxyl groups is 3. The fraction of sp³-hybridized carbons (Fsp3) is 0.429. The summed E-state index contributed by atoms with van der Waals surface area (Å²) in [4.78, 5) is 0. The molecule has 5 N–H and O–H groups in total. The van der Waals surface area contributed by atoms with Crippen LogP contribution in [0.25, 0.3) is 22.5 Å². The number of benzene rings is 2. The van der Waals surface area contributed by atoms with Gasteiger partial charge in [-0.1, -0.05) is 22.6 Å². The van der Waals surface area contributed by atoms with Crippen molar-refractivity contribution in [3.63, 3.8) is 0 Å². The van der Waals surface area contributed by atoms with E-state index in [0.29, 0.717) is 11.4 Å². The number of nitrogens with two attached hydrogens (primary N) is 1. The zero-order valence-electron chi connectivity index (χ0n) is 23.7. The van der Waals surface area contributed by atoms with Gasteiger partial charge in [0, 0.05) is 23.9 Å². The van der Waals surface area contributed by atoms with Crippen LogP contribution in [0.1, 0.15) is 12.1 Å². The molecule has 0 saturated carbocycles. The van der Waals surface area contributed by atoms with Crippen LogP contribution in [0.4, 0.5) is 18.9 Å². The first-order chi connectivity index (χ1) is 21.7. The largest absolute Gasteiger partial charge is 0.399 e. The molecule has 45 heavy (non-hydrogen) atoms. The van der Waals surface area contributed by atoms with Gasteiger partial charge in [-0.25, -0.2) is 22.5 Å². The Hall–Kier alpha value is -3.58. The van der Waals surface area contributed by atoms with Gasteiger partial charge >= 0.3 is 0 Å². The number of aromatic nitrogens is 6. The molecule has 8 atom stereocenters. The van der Waals surface area contributed by atoms with E-state index in [4.69, 9.17) is 19.9 Å². The first kappa shape index (κ1) is 31.4. The molecule has 17 heteroatoms. The zero-order valence-corrected chi connectivity index (χ0v) is 24.5. The number of nitrogens with zero attached hydrogens (tertiary/aromatic N) is 6. The summed E-state index contributed by atoms with van der Waals surface area (Å²) in [6, 6.07) is 7.17. The van der Waals surface area contributed by atoms with Crippen molar-refractivity contribution in [3.8, 4) is 22.5 Å². The highest BCUT2D eigenvalue weighted by Gasteiger charge is 2.49. The number of nitrogen functional groups attached to an aromatic ring is 1. The maximum Gasteiger partial charge on any atom is 0.194 e. The summed E-state index contributed by atoms with van der Waals surface area (Å²) in [5.74, 6) is -4.40. The minimum absolute atomic E-state index is 0.00966. The van der Waals surface area contributed by atoms with Gasteiger partial charge < -0.3 is 35.3 Å². The monoisotopic (exact) mass is 649 g/mol. The normalized spacial score (nSPS) is 28.8. The van der Waals surface area contributed by atoms with Gasteiger partial charge in [0.25, 0.3) is 0 Å². The van der Waals surface area contributed by atoms with E-state index in [1.807, 2.05) is 6.07 Å². The average molecular weight is 650 g/mol. The van der Waals surface area contributed by atoms with E-state index in [1.165, 1.54) is 34.4 Å². The number of aliphatic hydroxyl groups excluding tert-OH is 3. The molecule has 0 radical (unpaired) electrons. The number of hydrogen-bond acceptors (Lipinski definition) is 12. The molecule has 13 nitrogen and oxygen atoms in total. The van der Waals surface area contributed by atoms with Gasteiger partial charge in [-0.3, -0.25) is 0 Å². The van der Waals surface area contributed by atoms with Crippen molar-refractivity contribution in [2.24, 2.45) is 0 Å². The highest BCUT2D eigenvalue weighted by atomic mass is 32.2. The first-order valence-corrected chi connectivity index (χ1v) is 14.9. The Morgan fingerprint density at radius 2 is 1.67 bits per heavy atom. The maximum atomic E-state index is 13.9. The Bertz CT molecular complexity index is 1620. The molecule has 2 fully saturated rings. The molecule has 2 aliphatic heterocycles. The second-order valence-electron chi connectivity index (χ2n) is 10.7. The first-order valence-electron chi connectivity index (χ1n) is 13.9. The van der Waals surface area contributed by atoms with E-state index in [-0.39, 0.29) is 24.5 Å². The Kier molecular flexibility index (Phi) is 9.10. The van der Waals surface area contributed by atoms with Gasteiger partial charge in [0.15, 0.2) is 17.5 Å². The quantitative estimate of drug-likeness (QED) is 0.160. The summed E-state index contributed by atoms with van der Waals surface area (Å²) in [6.45, 7) is -0.231. The number of hydrogen-bond donors (Lipinski definition) is 4. The minimum atomic E-state index is -1.61. The maximum absolute atomic E-state index is 13.9. The predicted octanol–water partition coefficient (Wildman–Crippen LogP) is 1.57. The highest BCUT2D eigenvalue weighted by molar-refractivity contribution is 8.00. The molecule has 0 spiro atoms. The van der Waals surface area contributed by atoms with Crippen molar-refractivity contribution in [2.75, 3.05) is 32.7 Å². The van der Waals surface area contributed by atoms with Crippen LogP contribution in [-0.2, 0) is 14.2 Å². The highest BCUT2D eigenvalue weighted by Crippen LogP contribution is 2.41. The van der Waals surface area contributed by atoms with Gasteiger partial charge in [0.1, 0.15) is 47.2 Å². The molecule has 4 heterocycles. The summed E-state index contributed by atoms with van der Waals surface area (Å²) >= 11 is 1.19. The van der Waals surface area contributed by atoms with Crippen molar-refractivity contribution in [3.05, 3.63) is 66.2 Å². The zero-order chi connectivity index (χ0) is 31.8. The van der Waals surface area contributed by atoms with Crippen LogP contribution in [0.2, 0.25) is 0 Å². The molecule has 0 aliphatic carbocycles. The molecule has 240 valence electrons. The number of rotatable bonds is 8. The van der Waals surface area contributed by atoms with Crippen molar-refractivity contribution >= 4 is 17.4 Å². The van der Waals surface area contributed by atoms with E-state index in [0.717, 1.165) is 17.7 Å². The van der Waals surface area contributed by atoms with Crippen LogP contribution in [0.5, 0.6) is 0 Å². The van der Waals surface area contributed by atoms with E-state index < -0.39 is 71.2 Å². The fourth-order valence-corrected chi connectivity index (χ4v) is 7.02. The molecule has 6 rings (SSSR count). The van der Waals surface area contributed by atoms with Crippen LogP contribution < -0.4 is 5.73 Å². The molecule has 2 saturated heterocycles. The van der Waals surface area contributed by atoms with E-state index >= 15 is 0 Å².